The fourth-order valence-corrected chi connectivity index (χ4v) is 1.42. The lowest BCUT2D eigenvalue weighted by atomic mass is 10.2. The number of rotatable bonds is 4. The highest BCUT2D eigenvalue weighted by molar-refractivity contribution is 6.32. The van der Waals surface area contributed by atoms with Gasteiger partial charge < -0.3 is 4.74 Å². The quantitative estimate of drug-likeness (QED) is 0.721. The molecule has 0 amide bonds. The summed E-state index contributed by atoms with van der Waals surface area (Å²) in [7, 11) is 0. The molecule has 0 spiro atoms. The molecular weight excluding hydrogens is 227 g/mol. The van der Waals surface area contributed by atoms with Crippen LogP contribution in [0.5, 0.6) is 5.75 Å². The molecule has 1 aromatic rings. The van der Waals surface area contributed by atoms with Crippen LogP contribution in [0, 0.1) is 5.82 Å². The van der Waals surface area contributed by atoms with Gasteiger partial charge in [0.05, 0.1) is 11.1 Å². The number of ether oxygens (including phenoxy) is 1. The van der Waals surface area contributed by atoms with Crippen molar-refractivity contribution in [3.8, 4) is 5.75 Å². The zero-order valence-corrected chi connectivity index (χ0v) is 11.1. The van der Waals surface area contributed by atoms with Crippen molar-refractivity contribution in [3.05, 3.63) is 29.0 Å². The van der Waals surface area contributed by atoms with Crippen LogP contribution in [0.2, 0.25) is 5.02 Å². The van der Waals surface area contributed by atoms with E-state index in [0.29, 0.717) is 10.8 Å². The normalized spacial score (nSPS) is 9.69. The number of benzene rings is 1. The van der Waals surface area contributed by atoms with Gasteiger partial charge in [-0.15, -0.1) is 0 Å². The Balaban J connectivity index is 0.00000106. The highest BCUT2D eigenvalue weighted by Gasteiger charge is 2.08. The third kappa shape index (κ3) is 4.84. The van der Waals surface area contributed by atoms with Crippen LogP contribution >= 0.6 is 11.6 Å². The largest absolute Gasteiger partial charge is 0.489 e. The van der Waals surface area contributed by atoms with Crippen LogP contribution in [0.4, 0.5) is 4.39 Å². The Morgan fingerprint density at radius 1 is 1.25 bits per heavy atom. The third-order valence-electron chi connectivity index (χ3n) is 2.10. The van der Waals surface area contributed by atoms with Crippen molar-refractivity contribution in [1.29, 1.82) is 0 Å². The van der Waals surface area contributed by atoms with E-state index in [2.05, 4.69) is 0 Å². The summed E-state index contributed by atoms with van der Waals surface area (Å²) in [6.07, 6.45) is 1.99. The molecule has 0 bridgehead atoms. The van der Waals surface area contributed by atoms with Gasteiger partial charge in [0.15, 0.2) is 0 Å². The summed E-state index contributed by atoms with van der Waals surface area (Å²) in [6.45, 7) is 8.09. The van der Waals surface area contributed by atoms with Gasteiger partial charge in [-0.2, -0.15) is 0 Å². The van der Waals surface area contributed by atoms with Crippen molar-refractivity contribution in [3.63, 3.8) is 0 Å². The van der Waals surface area contributed by atoms with Crippen molar-refractivity contribution in [2.45, 2.75) is 46.6 Å². The molecule has 0 N–H and O–H groups in total. The lowest BCUT2D eigenvalue weighted by molar-refractivity contribution is 0.193. The van der Waals surface area contributed by atoms with Crippen molar-refractivity contribution in [2.75, 3.05) is 0 Å². The van der Waals surface area contributed by atoms with Crippen molar-refractivity contribution < 1.29 is 9.13 Å². The molecule has 1 nitrogen and oxygen atoms in total. The standard InChI is InChI=1S/C11H14ClFO.C2H6/c1-3-9(4-2)14-11-6-5-8(13)7-10(11)12;1-2/h5-7,9H,3-4H2,1-2H3;1-2H3. The van der Waals surface area contributed by atoms with Crippen LogP contribution in [0.1, 0.15) is 40.5 Å². The second-order valence-corrected chi connectivity index (χ2v) is 3.54. The van der Waals surface area contributed by atoms with Gasteiger partial charge in [-0.3, -0.25) is 0 Å². The van der Waals surface area contributed by atoms with E-state index in [-0.39, 0.29) is 11.9 Å². The zero-order valence-electron chi connectivity index (χ0n) is 10.4. The average molecular weight is 247 g/mol. The highest BCUT2D eigenvalue weighted by Crippen LogP contribution is 2.26. The van der Waals surface area contributed by atoms with Crippen molar-refractivity contribution in [2.24, 2.45) is 0 Å². The number of halogens is 2. The second-order valence-electron chi connectivity index (χ2n) is 3.13. The number of hydrogen-bond acceptors (Lipinski definition) is 1. The molecule has 3 heteroatoms. The van der Waals surface area contributed by atoms with Crippen molar-refractivity contribution in [1.82, 2.24) is 0 Å². The van der Waals surface area contributed by atoms with Gasteiger partial charge >= 0.3 is 0 Å². The van der Waals surface area contributed by atoms with Gasteiger partial charge in [0.2, 0.25) is 0 Å². The SMILES string of the molecule is CC.CCC(CC)Oc1ccc(F)cc1Cl. The van der Waals surface area contributed by atoms with Crippen LogP contribution in [-0.2, 0) is 0 Å². The van der Waals surface area contributed by atoms with E-state index in [1.54, 1.807) is 6.07 Å². The van der Waals surface area contributed by atoms with Gasteiger partial charge in [-0.25, -0.2) is 4.39 Å². The van der Waals surface area contributed by atoms with Crippen LogP contribution < -0.4 is 4.74 Å². The van der Waals surface area contributed by atoms with Gasteiger partial charge in [-0.05, 0) is 31.0 Å². The molecule has 1 aromatic carbocycles. The summed E-state index contributed by atoms with van der Waals surface area (Å²) in [6, 6.07) is 4.18. The molecule has 92 valence electrons. The molecule has 0 heterocycles. The van der Waals surface area contributed by atoms with Gasteiger partial charge in [0, 0.05) is 0 Å². The molecule has 0 saturated heterocycles. The first kappa shape index (κ1) is 15.2. The molecule has 0 atom stereocenters. The lowest BCUT2D eigenvalue weighted by Gasteiger charge is -2.16. The van der Waals surface area contributed by atoms with Gasteiger partial charge in [-0.1, -0.05) is 39.3 Å². The molecule has 0 saturated carbocycles. The Bertz CT molecular complexity index is 298. The van der Waals surface area contributed by atoms with Gasteiger partial charge in [0.25, 0.3) is 0 Å². The molecule has 0 aromatic heterocycles. The summed E-state index contributed by atoms with van der Waals surface area (Å²) in [5, 5.41) is 0.330. The van der Waals surface area contributed by atoms with E-state index in [0.717, 1.165) is 12.8 Å². The molecule has 1 rings (SSSR count). The van der Waals surface area contributed by atoms with Crippen LogP contribution in [-0.4, -0.2) is 6.10 Å². The molecular formula is C13H20ClFO. The predicted molar refractivity (Wildman–Crippen MR) is 67.8 cm³/mol. The van der Waals surface area contributed by atoms with Gasteiger partial charge in [0.1, 0.15) is 11.6 Å². The molecule has 0 radical (unpaired) electrons. The maximum absolute atomic E-state index is 12.7. The summed E-state index contributed by atoms with van der Waals surface area (Å²) in [4.78, 5) is 0. The second kappa shape index (κ2) is 8.40. The van der Waals surface area contributed by atoms with E-state index >= 15 is 0 Å². The van der Waals surface area contributed by atoms with E-state index in [1.165, 1.54) is 12.1 Å². The Morgan fingerprint density at radius 3 is 2.25 bits per heavy atom. The maximum Gasteiger partial charge on any atom is 0.138 e. The Kier molecular flexibility index (Phi) is 8.00. The minimum absolute atomic E-state index is 0.151. The summed E-state index contributed by atoms with van der Waals surface area (Å²) in [5.74, 6) is 0.216. The first-order chi connectivity index (χ1) is 7.67. The zero-order chi connectivity index (χ0) is 12.6. The van der Waals surface area contributed by atoms with E-state index in [9.17, 15) is 4.39 Å². The summed E-state index contributed by atoms with van der Waals surface area (Å²) < 4.78 is 18.3. The minimum Gasteiger partial charge on any atom is -0.489 e. The smallest absolute Gasteiger partial charge is 0.138 e. The van der Waals surface area contributed by atoms with Crippen molar-refractivity contribution >= 4 is 11.6 Å². The predicted octanol–water partition coefficient (Wildman–Crippen LogP) is 5.07. The highest BCUT2D eigenvalue weighted by atomic mass is 35.5. The Labute approximate surface area is 103 Å². The summed E-state index contributed by atoms with van der Waals surface area (Å²) >= 11 is 5.82. The lowest BCUT2D eigenvalue weighted by Crippen LogP contribution is -2.13. The third-order valence-corrected chi connectivity index (χ3v) is 2.39. The summed E-state index contributed by atoms with van der Waals surface area (Å²) in [5.41, 5.74) is 0. The van der Waals surface area contributed by atoms with E-state index in [1.807, 2.05) is 27.7 Å². The first-order valence-corrected chi connectivity index (χ1v) is 6.16. The van der Waals surface area contributed by atoms with E-state index < -0.39 is 0 Å². The molecule has 0 aliphatic heterocycles. The van der Waals surface area contributed by atoms with Crippen LogP contribution in [0.15, 0.2) is 18.2 Å². The topological polar surface area (TPSA) is 9.23 Å². The van der Waals surface area contributed by atoms with E-state index in [4.69, 9.17) is 16.3 Å². The maximum atomic E-state index is 12.7. The fraction of sp³-hybridized carbons (Fsp3) is 0.538. The molecule has 0 aliphatic carbocycles. The number of hydrogen-bond donors (Lipinski definition) is 0. The fourth-order valence-electron chi connectivity index (χ4n) is 1.21. The molecule has 0 aliphatic rings. The Morgan fingerprint density at radius 2 is 1.81 bits per heavy atom. The average Bonchev–Trinajstić information content (AvgIpc) is 2.31. The minimum atomic E-state index is -0.341. The molecule has 0 fully saturated rings. The molecule has 16 heavy (non-hydrogen) atoms. The van der Waals surface area contributed by atoms with Crippen LogP contribution in [0.25, 0.3) is 0 Å². The first-order valence-electron chi connectivity index (χ1n) is 5.79. The Hall–Kier alpha value is -0.760. The monoisotopic (exact) mass is 246 g/mol. The van der Waals surface area contributed by atoms with Crippen LogP contribution in [0.3, 0.4) is 0 Å². The molecule has 0 unspecified atom stereocenters.